The van der Waals surface area contributed by atoms with E-state index in [9.17, 15) is 4.79 Å². The molecule has 3 aromatic rings. The molecular weight excluding hydrogens is 424 g/mol. The molecule has 1 unspecified atom stereocenters. The van der Waals surface area contributed by atoms with E-state index in [1.54, 1.807) is 0 Å². The van der Waals surface area contributed by atoms with Gasteiger partial charge >= 0.3 is 5.97 Å². The third kappa shape index (κ3) is 6.69. The minimum absolute atomic E-state index is 0.214. The Labute approximate surface area is 202 Å². The number of esters is 1. The van der Waals surface area contributed by atoms with E-state index in [1.165, 1.54) is 5.56 Å². The summed E-state index contributed by atoms with van der Waals surface area (Å²) in [5.74, 6) is 0.406. The summed E-state index contributed by atoms with van der Waals surface area (Å²) in [4.78, 5) is 15.8. The number of piperidine rings is 1. The molecule has 4 rings (SSSR count). The zero-order valence-electron chi connectivity index (χ0n) is 19.6. The molecule has 2 N–H and O–H groups in total. The second kappa shape index (κ2) is 12.4. The maximum Gasteiger partial charge on any atom is 0.317 e. The van der Waals surface area contributed by atoms with E-state index < -0.39 is 5.92 Å². The molecule has 5 nitrogen and oxygen atoms in total. The van der Waals surface area contributed by atoms with Crippen LogP contribution in [0.4, 0.5) is 0 Å². The highest BCUT2D eigenvalue weighted by molar-refractivity contribution is 5.82. The number of nitrogens with zero attached hydrogens (tertiary/aromatic N) is 1. The maximum atomic E-state index is 13.3. The first kappa shape index (κ1) is 24.0. The number of likely N-dealkylation sites (tertiary alicyclic amines) is 1. The fraction of sp³-hybridized carbons (Fsp3) is 0.345. The van der Waals surface area contributed by atoms with Crippen molar-refractivity contribution in [2.24, 2.45) is 11.7 Å². The van der Waals surface area contributed by atoms with Crippen molar-refractivity contribution in [1.82, 2.24) is 4.90 Å². The summed E-state index contributed by atoms with van der Waals surface area (Å²) in [7, 11) is 0. The average Bonchev–Trinajstić information content (AvgIpc) is 2.89. The van der Waals surface area contributed by atoms with Crippen LogP contribution >= 0.6 is 0 Å². The Balaban J connectivity index is 1.36. The van der Waals surface area contributed by atoms with Gasteiger partial charge in [-0.05, 0) is 60.7 Å². The Hall–Kier alpha value is -3.15. The van der Waals surface area contributed by atoms with Crippen LogP contribution in [0.3, 0.4) is 0 Å². The van der Waals surface area contributed by atoms with E-state index in [-0.39, 0.29) is 5.97 Å². The van der Waals surface area contributed by atoms with Gasteiger partial charge in [-0.1, -0.05) is 72.8 Å². The Bertz CT molecular complexity index is 1020. The lowest BCUT2D eigenvalue weighted by molar-refractivity contribution is -0.146. The van der Waals surface area contributed by atoms with Crippen molar-refractivity contribution in [3.8, 4) is 5.75 Å². The van der Waals surface area contributed by atoms with Gasteiger partial charge in [-0.2, -0.15) is 0 Å². The van der Waals surface area contributed by atoms with Gasteiger partial charge < -0.3 is 15.2 Å². The van der Waals surface area contributed by atoms with Gasteiger partial charge in [0.25, 0.3) is 0 Å². The molecule has 0 aliphatic carbocycles. The summed E-state index contributed by atoms with van der Waals surface area (Å²) in [6.07, 6.45) is 2.08. The Kier molecular flexibility index (Phi) is 8.71. The van der Waals surface area contributed by atoms with Gasteiger partial charge in [0.2, 0.25) is 0 Å². The molecule has 34 heavy (non-hydrogen) atoms. The molecular formula is C29H34N2O3. The lowest BCUT2D eigenvalue weighted by Gasteiger charge is -2.32. The summed E-state index contributed by atoms with van der Waals surface area (Å²) in [6, 6.07) is 28.0. The number of nitrogens with two attached hydrogens (primary N) is 1. The highest BCUT2D eigenvalue weighted by atomic mass is 16.5. The SMILES string of the molecule is NCCOc1cccc(C(C(=O)OCC2CCN(Cc3ccccc3)CC2)c2ccccc2)c1. The summed E-state index contributed by atoms with van der Waals surface area (Å²) in [5.41, 5.74) is 8.69. The molecule has 1 atom stereocenters. The van der Waals surface area contributed by atoms with Crippen LogP contribution in [0.25, 0.3) is 0 Å². The molecule has 0 spiro atoms. The highest BCUT2D eigenvalue weighted by Gasteiger charge is 2.27. The van der Waals surface area contributed by atoms with Crippen molar-refractivity contribution in [3.63, 3.8) is 0 Å². The average molecular weight is 459 g/mol. The van der Waals surface area contributed by atoms with Crippen molar-refractivity contribution in [2.45, 2.75) is 25.3 Å². The van der Waals surface area contributed by atoms with Gasteiger partial charge in [-0.25, -0.2) is 0 Å². The van der Waals surface area contributed by atoms with Crippen molar-refractivity contribution in [2.75, 3.05) is 32.8 Å². The normalized spacial score (nSPS) is 15.6. The van der Waals surface area contributed by atoms with Crippen LogP contribution in [0.5, 0.6) is 5.75 Å². The first-order valence-electron chi connectivity index (χ1n) is 12.1. The summed E-state index contributed by atoms with van der Waals surface area (Å²) >= 11 is 0. The molecule has 1 aliphatic rings. The van der Waals surface area contributed by atoms with Gasteiger partial charge in [0, 0.05) is 13.1 Å². The monoisotopic (exact) mass is 458 g/mol. The molecule has 1 saturated heterocycles. The molecule has 0 bridgehead atoms. The van der Waals surface area contributed by atoms with Gasteiger partial charge in [0.05, 0.1) is 6.61 Å². The fourth-order valence-corrected chi connectivity index (χ4v) is 4.51. The molecule has 0 radical (unpaired) electrons. The molecule has 178 valence electrons. The quantitative estimate of drug-likeness (QED) is 0.450. The van der Waals surface area contributed by atoms with Crippen molar-refractivity contribution in [3.05, 3.63) is 102 Å². The molecule has 0 saturated carbocycles. The van der Waals surface area contributed by atoms with Crippen LogP contribution in [0.2, 0.25) is 0 Å². The number of rotatable bonds is 10. The van der Waals surface area contributed by atoms with E-state index in [1.807, 2.05) is 54.6 Å². The van der Waals surface area contributed by atoms with Crippen LogP contribution < -0.4 is 10.5 Å². The number of hydrogen-bond acceptors (Lipinski definition) is 5. The third-order valence-electron chi connectivity index (χ3n) is 6.36. The molecule has 0 aromatic heterocycles. The first-order valence-corrected chi connectivity index (χ1v) is 12.1. The smallest absolute Gasteiger partial charge is 0.317 e. The van der Waals surface area contributed by atoms with Crippen LogP contribution in [0.1, 0.15) is 35.4 Å². The fourth-order valence-electron chi connectivity index (χ4n) is 4.51. The predicted octanol–water partition coefficient (Wildman–Crippen LogP) is 4.61. The third-order valence-corrected chi connectivity index (χ3v) is 6.36. The summed E-state index contributed by atoms with van der Waals surface area (Å²) in [6.45, 7) is 4.38. The summed E-state index contributed by atoms with van der Waals surface area (Å²) in [5, 5.41) is 0. The van der Waals surface area contributed by atoms with Gasteiger partial charge in [-0.15, -0.1) is 0 Å². The molecule has 1 aliphatic heterocycles. The van der Waals surface area contributed by atoms with Crippen LogP contribution in [-0.4, -0.2) is 43.7 Å². The maximum absolute atomic E-state index is 13.3. The molecule has 0 amide bonds. The van der Waals surface area contributed by atoms with E-state index in [4.69, 9.17) is 15.2 Å². The lowest BCUT2D eigenvalue weighted by atomic mass is 9.91. The van der Waals surface area contributed by atoms with Crippen molar-refractivity contribution < 1.29 is 14.3 Å². The van der Waals surface area contributed by atoms with Gasteiger partial charge in [0.1, 0.15) is 18.3 Å². The number of benzene rings is 3. The minimum Gasteiger partial charge on any atom is -0.492 e. The van der Waals surface area contributed by atoms with Crippen molar-refractivity contribution in [1.29, 1.82) is 0 Å². The van der Waals surface area contributed by atoms with Gasteiger partial charge in [-0.3, -0.25) is 9.69 Å². The molecule has 3 aromatic carbocycles. The van der Waals surface area contributed by atoms with E-state index in [0.29, 0.717) is 31.4 Å². The van der Waals surface area contributed by atoms with Crippen LogP contribution in [0.15, 0.2) is 84.9 Å². The summed E-state index contributed by atoms with van der Waals surface area (Å²) < 4.78 is 11.6. The largest absolute Gasteiger partial charge is 0.492 e. The molecule has 5 heteroatoms. The predicted molar refractivity (Wildman–Crippen MR) is 135 cm³/mol. The van der Waals surface area contributed by atoms with E-state index in [0.717, 1.165) is 43.6 Å². The second-order valence-corrected chi connectivity index (χ2v) is 8.89. The zero-order chi connectivity index (χ0) is 23.6. The zero-order valence-corrected chi connectivity index (χ0v) is 19.6. The second-order valence-electron chi connectivity index (χ2n) is 8.89. The first-order chi connectivity index (χ1) is 16.7. The molecule has 1 fully saturated rings. The topological polar surface area (TPSA) is 64.8 Å². The Morgan fingerprint density at radius 3 is 2.29 bits per heavy atom. The molecule has 1 heterocycles. The lowest BCUT2D eigenvalue weighted by Crippen LogP contribution is -2.35. The highest BCUT2D eigenvalue weighted by Crippen LogP contribution is 2.29. The Morgan fingerprint density at radius 2 is 1.59 bits per heavy atom. The van der Waals surface area contributed by atoms with E-state index >= 15 is 0 Å². The Morgan fingerprint density at radius 1 is 0.912 bits per heavy atom. The number of hydrogen-bond donors (Lipinski definition) is 1. The number of ether oxygens (including phenoxy) is 2. The minimum atomic E-state index is -0.485. The standard InChI is InChI=1S/C29H34N2O3/c30-16-19-33-27-13-7-12-26(20-27)28(25-10-5-2-6-11-25)29(32)34-22-24-14-17-31(18-15-24)21-23-8-3-1-4-9-23/h1-13,20,24,28H,14-19,21-22,30H2. The van der Waals surface area contributed by atoms with Crippen LogP contribution in [-0.2, 0) is 16.1 Å². The van der Waals surface area contributed by atoms with Crippen LogP contribution in [0, 0.1) is 5.92 Å². The van der Waals surface area contributed by atoms with Crippen molar-refractivity contribution >= 4 is 5.97 Å². The van der Waals surface area contributed by atoms with E-state index in [2.05, 4.69) is 35.2 Å². The van der Waals surface area contributed by atoms with Gasteiger partial charge in [0.15, 0.2) is 0 Å². The number of carbonyl (C=O) groups excluding carboxylic acids is 1. The number of carbonyl (C=O) groups is 1.